The fraction of sp³-hybridized carbons (Fsp3) is 0.333. The minimum atomic E-state index is -0.391. The number of H-pyrrole nitrogens is 1. The van der Waals surface area contributed by atoms with E-state index in [0.717, 1.165) is 23.3 Å². The Morgan fingerprint density at radius 2 is 1.75 bits per heavy atom. The van der Waals surface area contributed by atoms with Crippen LogP contribution >= 0.6 is 12.2 Å². The Kier molecular flexibility index (Phi) is 4.63. The average Bonchev–Trinajstić information content (AvgIpc) is 3.17. The molecule has 0 spiro atoms. The van der Waals surface area contributed by atoms with E-state index >= 15 is 0 Å². The molecule has 0 unspecified atom stereocenters. The van der Waals surface area contributed by atoms with Gasteiger partial charge in [-0.05, 0) is 24.4 Å². The Morgan fingerprint density at radius 3 is 2.43 bits per heavy atom. The zero-order valence-corrected chi connectivity index (χ0v) is 16.5. The van der Waals surface area contributed by atoms with Crippen LogP contribution in [0, 0.1) is 0 Å². The topological polar surface area (TPSA) is 91.2 Å². The molecule has 2 aromatic heterocycles. The van der Waals surface area contributed by atoms with Crippen molar-refractivity contribution in [3.8, 4) is 0 Å². The lowest BCUT2D eigenvalue weighted by atomic mass is 10.3. The van der Waals surface area contributed by atoms with Gasteiger partial charge in [0, 0.05) is 46.0 Å². The number of fused-ring (bicyclic) bond motifs is 1. The maximum atomic E-state index is 12.3. The summed E-state index contributed by atoms with van der Waals surface area (Å²) < 4.78 is 2.46. The second-order valence-corrected chi connectivity index (χ2v) is 7.12. The predicted octanol–water partition coefficient (Wildman–Crippen LogP) is 0.479. The van der Waals surface area contributed by atoms with Gasteiger partial charge in [-0.1, -0.05) is 18.2 Å². The minimum absolute atomic E-state index is 0.336. The van der Waals surface area contributed by atoms with E-state index in [1.54, 1.807) is 7.05 Å². The Labute approximate surface area is 166 Å². The lowest BCUT2D eigenvalue weighted by Gasteiger charge is -2.36. The van der Waals surface area contributed by atoms with Crippen molar-refractivity contribution in [2.45, 2.75) is 0 Å². The molecule has 0 saturated carbocycles. The number of piperazine rings is 1. The molecule has 28 heavy (non-hydrogen) atoms. The van der Waals surface area contributed by atoms with E-state index in [1.807, 2.05) is 30.3 Å². The highest BCUT2D eigenvalue weighted by atomic mass is 32.1. The van der Waals surface area contributed by atoms with Crippen molar-refractivity contribution < 1.29 is 0 Å². The third-order valence-corrected chi connectivity index (χ3v) is 5.33. The maximum absolute atomic E-state index is 12.3. The molecule has 1 aromatic carbocycles. The highest BCUT2D eigenvalue weighted by Crippen LogP contribution is 2.16. The molecule has 3 aromatic rings. The molecular weight excluding hydrogens is 378 g/mol. The molecule has 0 amide bonds. The van der Waals surface area contributed by atoms with Crippen molar-refractivity contribution in [2.24, 2.45) is 14.1 Å². The SMILES string of the molecule is Cn1c(=O)c2[nH]c(N3CCN(C(=S)Nc4ccccc4)CC3)nc2n(C)c1=O. The van der Waals surface area contributed by atoms with Crippen LogP contribution in [-0.2, 0) is 14.1 Å². The largest absolute Gasteiger partial charge is 0.345 e. The van der Waals surface area contributed by atoms with Gasteiger partial charge in [-0.3, -0.25) is 13.9 Å². The van der Waals surface area contributed by atoms with Crippen LogP contribution in [0.1, 0.15) is 0 Å². The molecule has 1 aliphatic rings. The summed E-state index contributed by atoms with van der Waals surface area (Å²) >= 11 is 5.52. The van der Waals surface area contributed by atoms with Crippen LogP contribution in [0.5, 0.6) is 0 Å². The van der Waals surface area contributed by atoms with E-state index in [9.17, 15) is 9.59 Å². The molecule has 9 nitrogen and oxygen atoms in total. The van der Waals surface area contributed by atoms with Gasteiger partial charge < -0.3 is 20.1 Å². The summed E-state index contributed by atoms with van der Waals surface area (Å²) in [5.74, 6) is 0.592. The number of para-hydroxylation sites is 1. The Bertz CT molecular complexity index is 1140. The molecule has 4 rings (SSSR count). The van der Waals surface area contributed by atoms with E-state index in [2.05, 4.69) is 25.1 Å². The first kappa shape index (κ1) is 18.2. The number of thiocarbonyl (C=S) groups is 1. The molecule has 0 aliphatic carbocycles. The van der Waals surface area contributed by atoms with Crippen molar-refractivity contribution in [2.75, 3.05) is 36.4 Å². The zero-order chi connectivity index (χ0) is 19.8. The third-order valence-electron chi connectivity index (χ3n) is 4.97. The van der Waals surface area contributed by atoms with Gasteiger partial charge in [0.25, 0.3) is 5.56 Å². The van der Waals surface area contributed by atoms with E-state index in [4.69, 9.17) is 12.2 Å². The summed E-state index contributed by atoms with van der Waals surface area (Å²) in [5.41, 5.74) is 0.903. The number of hydrogen-bond acceptors (Lipinski definition) is 5. The molecule has 1 aliphatic heterocycles. The van der Waals surface area contributed by atoms with Crippen LogP contribution in [-0.4, -0.2) is 55.3 Å². The molecule has 1 saturated heterocycles. The number of anilines is 2. The summed E-state index contributed by atoms with van der Waals surface area (Å²) in [7, 11) is 3.07. The van der Waals surface area contributed by atoms with Crippen LogP contribution in [0.2, 0.25) is 0 Å². The number of benzene rings is 1. The lowest BCUT2D eigenvalue weighted by molar-refractivity contribution is 0.388. The predicted molar refractivity (Wildman–Crippen MR) is 113 cm³/mol. The van der Waals surface area contributed by atoms with Gasteiger partial charge in [-0.2, -0.15) is 4.98 Å². The van der Waals surface area contributed by atoms with Crippen LogP contribution in [0.25, 0.3) is 11.2 Å². The van der Waals surface area contributed by atoms with Crippen molar-refractivity contribution >= 4 is 40.1 Å². The normalized spacial score (nSPS) is 14.5. The minimum Gasteiger partial charge on any atom is -0.345 e. The van der Waals surface area contributed by atoms with Gasteiger partial charge in [-0.15, -0.1) is 0 Å². The van der Waals surface area contributed by atoms with Crippen molar-refractivity contribution in [3.05, 3.63) is 51.2 Å². The lowest BCUT2D eigenvalue weighted by Crippen LogP contribution is -2.50. The van der Waals surface area contributed by atoms with Crippen LogP contribution in [0.3, 0.4) is 0 Å². The Hall–Kier alpha value is -3.14. The number of aryl methyl sites for hydroxylation is 1. The second-order valence-electron chi connectivity index (χ2n) is 6.74. The summed E-state index contributed by atoms with van der Waals surface area (Å²) in [4.78, 5) is 36.2. The quantitative estimate of drug-likeness (QED) is 0.606. The highest BCUT2D eigenvalue weighted by Gasteiger charge is 2.23. The summed E-state index contributed by atoms with van der Waals surface area (Å²) in [6.45, 7) is 2.86. The van der Waals surface area contributed by atoms with E-state index in [0.29, 0.717) is 35.3 Å². The maximum Gasteiger partial charge on any atom is 0.332 e. The number of aromatic amines is 1. The number of hydrogen-bond donors (Lipinski definition) is 2. The summed E-state index contributed by atoms with van der Waals surface area (Å²) in [6.07, 6.45) is 0. The summed E-state index contributed by atoms with van der Waals surface area (Å²) in [5, 5.41) is 3.94. The van der Waals surface area contributed by atoms with Crippen LogP contribution in [0.4, 0.5) is 11.6 Å². The molecule has 0 radical (unpaired) electrons. The zero-order valence-electron chi connectivity index (χ0n) is 15.7. The molecule has 10 heteroatoms. The first-order valence-corrected chi connectivity index (χ1v) is 9.38. The van der Waals surface area contributed by atoms with E-state index in [-0.39, 0.29) is 5.56 Å². The van der Waals surface area contributed by atoms with Gasteiger partial charge in [0.1, 0.15) is 0 Å². The van der Waals surface area contributed by atoms with Gasteiger partial charge in [0.2, 0.25) is 5.95 Å². The number of imidazole rings is 1. The molecule has 146 valence electrons. The molecule has 0 atom stereocenters. The number of aromatic nitrogens is 4. The second kappa shape index (κ2) is 7.12. The fourth-order valence-electron chi connectivity index (χ4n) is 3.31. The molecule has 3 heterocycles. The van der Waals surface area contributed by atoms with Crippen molar-refractivity contribution in [1.29, 1.82) is 0 Å². The summed E-state index contributed by atoms with van der Waals surface area (Å²) in [6, 6.07) is 9.83. The highest BCUT2D eigenvalue weighted by molar-refractivity contribution is 7.80. The van der Waals surface area contributed by atoms with Gasteiger partial charge in [0.15, 0.2) is 16.3 Å². The van der Waals surface area contributed by atoms with Gasteiger partial charge in [0.05, 0.1) is 0 Å². The number of nitrogens with zero attached hydrogens (tertiary/aromatic N) is 5. The van der Waals surface area contributed by atoms with Gasteiger partial charge in [-0.25, -0.2) is 4.79 Å². The first-order chi connectivity index (χ1) is 13.5. The average molecular weight is 399 g/mol. The van der Waals surface area contributed by atoms with Crippen LogP contribution < -0.4 is 21.5 Å². The van der Waals surface area contributed by atoms with Crippen molar-refractivity contribution in [3.63, 3.8) is 0 Å². The standard InChI is InChI=1S/C18H21N7O2S/c1-22-14-13(15(26)23(2)18(22)27)20-16(21-14)24-8-10-25(11-9-24)17(28)19-12-6-4-3-5-7-12/h3-7H,8-11H2,1-2H3,(H,19,28)(H,20,21). The first-order valence-electron chi connectivity index (χ1n) is 8.97. The molecule has 1 fully saturated rings. The number of rotatable bonds is 2. The monoisotopic (exact) mass is 399 g/mol. The smallest absolute Gasteiger partial charge is 0.332 e. The number of nitrogens with one attached hydrogen (secondary N) is 2. The Morgan fingerprint density at radius 1 is 1.07 bits per heavy atom. The molecule has 2 N–H and O–H groups in total. The Balaban J connectivity index is 1.49. The third kappa shape index (κ3) is 3.15. The van der Waals surface area contributed by atoms with E-state index in [1.165, 1.54) is 11.6 Å². The van der Waals surface area contributed by atoms with Crippen LogP contribution in [0.15, 0.2) is 39.9 Å². The molecular formula is C18H21N7O2S. The van der Waals surface area contributed by atoms with E-state index < -0.39 is 5.69 Å². The molecule has 0 bridgehead atoms. The van der Waals surface area contributed by atoms with Gasteiger partial charge >= 0.3 is 5.69 Å². The fourth-order valence-corrected chi connectivity index (χ4v) is 3.61. The van der Waals surface area contributed by atoms with Crippen molar-refractivity contribution in [1.82, 2.24) is 24.0 Å².